The lowest BCUT2D eigenvalue weighted by Gasteiger charge is -2.27. The average molecular weight is 296 g/mol. The van der Waals surface area contributed by atoms with Crippen molar-refractivity contribution in [2.45, 2.75) is 52.1 Å². The quantitative estimate of drug-likeness (QED) is 0.467. The molecule has 21 heavy (non-hydrogen) atoms. The number of carbonyl (C=O) groups is 2. The molecular formula is C16H28N2O3. The van der Waals surface area contributed by atoms with Gasteiger partial charge in [0.15, 0.2) is 0 Å². The van der Waals surface area contributed by atoms with Crippen LogP contribution < -0.4 is 11.1 Å². The number of carboxylic acids is 1. The van der Waals surface area contributed by atoms with Crippen LogP contribution in [0.4, 0.5) is 0 Å². The monoisotopic (exact) mass is 296 g/mol. The highest BCUT2D eigenvalue weighted by Crippen LogP contribution is 2.46. The summed E-state index contributed by atoms with van der Waals surface area (Å²) in [7, 11) is 0. The van der Waals surface area contributed by atoms with Crippen LogP contribution in [0.2, 0.25) is 0 Å². The van der Waals surface area contributed by atoms with E-state index in [1.807, 2.05) is 6.08 Å². The lowest BCUT2D eigenvalue weighted by molar-refractivity contribution is -0.138. The first-order chi connectivity index (χ1) is 9.76. The largest absolute Gasteiger partial charge is 0.481 e. The highest BCUT2D eigenvalue weighted by Gasteiger charge is 2.37. The summed E-state index contributed by atoms with van der Waals surface area (Å²) in [6.45, 7) is 7.23. The van der Waals surface area contributed by atoms with Gasteiger partial charge in [-0.2, -0.15) is 0 Å². The van der Waals surface area contributed by atoms with Crippen LogP contribution in [0.1, 0.15) is 40.0 Å². The van der Waals surface area contributed by atoms with Gasteiger partial charge in [0.2, 0.25) is 0 Å². The summed E-state index contributed by atoms with van der Waals surface area (Å²) < 4.78 is 0. The fourth-order valence-electron chi connectivity index (χ4n) is 3.14. The molecule has 1 rings (SSSR count). The smallest absolute Gasteiger partial charge is 0.305 e. The zero-order valence-corrected chi connectivity index (χ0v) is 13.2. The van der Waals surface area contributed by atoms with Crippen LogP contribution in [-0.2, 0) is 9.59 Å². The van der Waals surface area contributed by atoms with Crippen molar-refractivity contribution in [2.75, 3.05) is 6.54 Å². The molecule has 0 aromatic heterocycles. The Morgan fingerprint density at radius 3 is 2.67 bits per heavy atom. The highest BCUT2D eigenvalue weighted by molar-refractivity contribution is 5.73. The van der Waals surface area contributed by atoms with E-state index in [0.717, 1.165) is 0 Å². The number of hydrogen-bond acceptors (Lipinski definition) is 4. The summed E-state index contributed by atoms with van der Waals surface area (Å²) in [5, 5.41) is 11.6. The summed E-state index contributed by atoms with van der Waals surface area (Å²) in [5.74, 6) is 0.181. The Morgan fingerprint density at radius 1 is 1.52 bits per heavy atom. The van der Waals surface area contributed by atoms with Crippen LogP contribution in [0, 0.1) is 17.3 Å². The molecule has 0 aromatic rings. The summed E-state index contributed by atoms with van der Waals surface area (Å²) >= 11 is 0. The number of hydrogen-bond donors (Lipinski definition) is 3. The molecule has 0 amide bonds. The van der Waals surface area contributed by atoms with Crippen LogP contribution in [0.5, 0.6) is 0 Å². The molecule has 0 aliphatic heterocycles. The standard InChI is InChI=1S/C16H28N2O3/c1-11-6-7-16(2,3)14(11)5-4-12(17)9-18-13(10-19)8-15(20)21/h4-5,10-14,18H,6-9,17H2,1-3H3,(H,20,21)/t11?,12?,13-,14?/m0/s1. The number of carboxylic acid groups (broad SMARTS) is 1. The van der Waals surface area contributed by atoms with Gasteiger partial charge in [-0.3, -0.25) is 4.79 Å². The number of aliphatic carboxylic acids is 1. The first-order valence-corrected chi connectivity index (χ1v) is 7.60. The molecule has 0 heterocycles. The lowest BCUT2D eigenvalue weighted by atomic mass is 9.79. The van der Waals surface area contributed by atoms with Gasteiger partial charge in [0.05, 0.1) is 12.5 Å². The van der Waals surface area contributed by atoms with E-state index in [4.69, 9.17) is 10.8 Å². The molecule has 0 aromatic carbocycles. The number of allylic oxidation sites excluding steroid dienone is 1. The zero-order chi connectivity index (χ0) is 16.0. The van der Waals surface area contributed by atoms with Crippen LogP contribution in [0.25, 0.3) is 0 Å². The van der Waals surface area contributed by atoms with Gasteiger partial charge in [-0.1, -0.05) is 32.9 Å². The van der Waals surface area contributed by atoms with Gasteiger partial charge < -0.3 is 21.0 Å². The molecule has 0 saturated heterocycles. The Morgan fingerprint density at radius 2 is 2.19 bits per heavy atom. The third-order valence-electron chi connectivity index (χ3n) is 4.50. The van der Waals surface area contributed by atoms with Gasteiger partial charge >= 0.3 is 5.97 Å². The molecule has 1 aliphatic rings. The van der Waals surface area contributed by atoms with E-state index in [1.165, 1.54) is 12.8 Å². The molecule has 5 nitrogen and oxygen atoms in total. The second kappa shape index (κ2) is 7.71. The number of nitrogens with one attached hydrogen (secondary N) is 1. The van der Waals surface area contributed by atoms with Gasteiger partial charge in [-0.05, 0) is 30.1 Å². The van der Waals surface area contributed by atoms with Crippen LogP contribution >= 0.6 is 0 Å². The third kappa shape index (κ3) is 5.59. The minimum atomic E-state index is -0.995. The Kier molecular flexibility index (Phi) is 6.55. The first-order valence-electron chi connectivity index (χ1n) is 7.60. The van der Waals surface area contributed by atoms with E-state index >= 15 is 0 Å². The van der Waals surface area contributed by atoms with E-state index in [2.05, 4.69) is 32.2 Å². The highest BCUT2D eigenvalue weighted by atomic mass is 16.4. The number of carbonyl (C=O) groups excluding carboxylic acids is 1. The number of rotatable bonds is 8. The zero-order valence-electron chi connectivity index (χ0n) is 13.2. The van der Waals surface area contributed by atoms with Gasteiger partial charge in [-0.25, -0.2) is 0 Å². The van der Waals surface area contributed by atoms with Crippen molar-refractivity contribution in [1.82, 2.24) is 5.32 Å². The molecule has 0 spiro atoms. The second-order valence-corrected chi connectivity index (χ2v) is 6.83. The SMILES string of the molecule is CC1CCC(C)(C)C1C=CC(N)CN[C@H](C=O)CC(=O)O. The molecular weight excluding hydrogens is 268 g/mol. The van der Waals surface area contributed by atoms with Crippen molar-refractivity contribution >= 4 is 12.3 Å². The average Bonchev–Trinajstić information content (AvgIpc) is 2.65. The topological polar surface area (TPSA) is 92.4 Å². The summed E-state index contributed by atoms with van der Waals surface area (Å²) in [4.78, 5) is 21.3. The van der Waals surface area contributed by atoms with Crippen LogP contribution in [0.3, 0.4) is 0 Å². The fraction of sp³-hybridized carbons (Fsp3) is 0.750. The molecule has 120 valence electrons. The molecule has 0 bridgehead atoms. The molecule has 4 atom stereocenters. The van der Waals surface area contributed by atoms with E-state index in [-0.39, 0.29) is 12.5 Å². The minimum Gasteiger partial charge on any atom is -0.481 e. The maximum Gasteiger partial charge on any atom is 0.305 e. The Hall–Kier alpha value is -1.20. The number of aldehydes is 1. The minimum absolute atomic E-state index is 0.216. The molecule has 5 heteroatoms. The maximum atomic E-state index is 10.8. The van der Waals surface area contributed by atoms with Crippen LogP contribution in [-0.4, -0.2) is 36.0 Å². The van der Waals surface area contributed by atoms with Crippen molar-refractivity contribution in [2.24, 2.45) is 23.0 Å². The van der Waals surface area contributed by atoms with Gasteiger partial charge in [0.1, 0.15) is 6.29 Å². The molecule has 0 radical (unpaired) electrons. The van der Waals surface area contributed by atoms with Crippen molar-refractivity contribution in [1.29, 1.82) is 0 Å². The summed E-state index contributed by atoms with van der Waals surface area (Å²) in [6.07, 6.45) is 7.03. The van der Waals surface area contributed by atoms with E-state index < -0.39 is 12.0 Å². The maximum absolute atomic E-state index is 10.8. The Labute approximate surface area is 127 Å². The summed E-state index contributed by atoms with van der Waals surface area (Å²) in [5.41, 5.74) is 6.31. The summed E-state index contributed by atoms with van der Waals surface area (Å²) in [6, 6.07) is -0.895. The van der Waals surface area contributed by atoms with Gasteiger partial charge in [-0.15, -0.1) is 0 Å². The van der Waals surface area contributed by atoms with E-state index in [9.17, 15) is 9.59 Å². The normalized spacial score (nSPS) is 27.6. The lowest BCUT2D eigenvalue weighted by Crippen LogP contribution is -2.40. The molecule has 1 saturated carbocycles. The van der Waals surface area contributed by atoms with Gasteiger partial charge in [0, 0.05) is 12.6 Å². The van der Waals surface area contributed by atoms with Crippen molar-refractivity contribution in [3.05, 3.63) is 12.2 Å². The third-order valence-corrected chi connectivity index (χ3v) is 4.50. The number of nitrogens with two attached hydrogens (primary N) is 1. The second-order valence-electron chi connectivity index (χ2n) is 6.83. The molecule has 4 N–H and O–H groups in total. The first kappa shape index (κ1) is 17.9. The Balaban J connectivity index is 2.45. The van der Waals surface area contributed by atoms with Crippen molar-refractivity contribution in [3.63, 3.8) is 0 Å². The van der Waals surface area contributed by atoms with Gasteiger partial charge in [0.25, 0.3) is 0 Å². The Bertz CT molecular complexity index is 393. The fourth-order valence-corrected chi connectivity index (χ4v) is 3.14. The van der Waals surface area contributed by atoms with Crippen LogP contribution in [0.15, 0.2) is 12.2 Å². The molecule has 1 aliphatic carbocycles. The van der Waals surface area contributed by atoms with Crippen molar-refractivity contribution in [3.8, 4) is 0 Å². The predicted octanol–water partition coefficient (Wildman–Crippen LogP) is 1.57. The molecule has 3 unspecified atom stereocenters. The van der Waals surface area contributed by atoms with Crippen molar-refractivity contribution < 1.29 is 14.7 Å². The molecule has 1 fully saturated rings. The van der Waals surface area contributed by atoms with E-state index in [0.29, 0.717) is 30.1 Å². The van der Waals surface area contributed by atoms with E-state index in [1.54, 1.807) is 0 Å². The predicted molar refractivity (Wildman–Crippen MR) is 82.9 cm³/mol.